The Hall–Kier alpha value is -0.340. The third kappa shape index (κ3) is 6.68. The number of piperidine rings is 1. The third-order valence-corrected chi connectivity index (χ3v) is 5.92. The highest BCUT2D eigenvalue weighted by Gasteiger charge is 2.29. The van der Waals surface area contributed by atoms with Crippen molar-refractivity contribution in [2.75, 3.05) is 59.4 Å². The van der Waals surface area contributed by atoms with Crippen LogP contribution in [0.15, 0.2) is 17.1 Å². The predicted molar refractivity (Wildman–Crippen MR) is 122 cm³/mol. The number of nitrogens with zero attached hydrogens (tertiary/aromatic N) is 4. The van der Waals surface area contributed by atoms with E-state index in [1.54, 1.807) is 0 Å². The van der Waals surface area contributed by atoms with Crippen molar-refractivity contribution in [2.24, 2.45) is 4.99 Å². The molecular weight excluding hydrogens is 437 g/mol. The van der Waals surface area contributed by atoms with Crippen LogP contribution in [0.5, 0.6) is 0 Å². The molecule has 2 fully saturated rings. The number of hydrogen-bond acceptors (Lipinski definition) is 3. The standard InChI is InChI=1S/C20H37N5.HI/c1-21-20(25-17-10-19(18-25)24-15-8-9-16-24)22-11-4-2-5-12-23-13-6-3-7-14-23;/h8-9,19H,2-7,10-18H2,1H3,(H,21,22);1H. The van der Waals surface area contributed by atoms with Crippen LogP contribution in [0.1, 0.15) is 44.9 Å². The number of guanidine groups is 1. The average molecular weight is 475 g/mol. The van der Waals surface area contributed by atoms with E-state index in [-0.39, 0.29) is 24.0 Å². The zero-order valence-corrected chi connectivity index (χ0v) is 18.9. The quantitative estimate of drug-likeness (QED) is 0.202. The number of likely N-dealkylation sites (tertiary alicyclic amines) is 2. The van der Waals surface area contributed by atoms with Gasteiger partial charge in [0.1, 0.15) is 0 Å². The van der Waals surface area contributed by atoms with E-state index in [9.17, 15) is 0 Å². The number of hydrogen-bond donors (Lipinski definition) is 1. The Balaban J connectivity index is 0.00000243. The molecule has 0 aromatic carbocycles. The van der Waals surface area contributed by atoms with Gasteiger partial charge in [0.15, 0.2) is 5.96 Å². The van der Waals surface area contributed by atoms with E-state index < -0.39 is 0 Å². The molecule has 0 spiro atoms. The molecule has 3 aliphatic heterocycles. The SMILES string of the molecule is CN=C(NCCCCCN1CCCCC1)N1CCC(N2CC=CC2)C1.I. The van der Waals surface area contributed by atoms with Gasteiger partial charge >= 0.3 is 0 Å². The molecule has 150 valence electrons. The Bertz CT molecular complexity index is 439. The lowest BCUT2D eigenvalue weighted by Crippen LogP contribution is -2.43. The maximum absolute atomic E-state index is 4.51. The largest absolute Gasteiger partial charge is 0.356 e. The first-order valence-corrected chi connectivity index (χ1v) is 10.4. The van der Waals surface area contributed by atoms with Crippen molar-refractivity contribution in [3.8, 4) is 0 Å². The second-order valence-electron chi connectivity index (χ2n) is 7.75. The summed E-state index contributed by atoms with van der Waals surface area (Å²) in [5.74, 6) is 1.10. The van der Waals surface area contributed by atoms with Crippen LogP contribution in [0.25, 0.3) is 0 Å². The summed E-state index contributed by atoms with van der Waals surface area (Å²) in [4.78, 5) is 12.2. The molecule has 0 bridgehead atoms. The average Bonchev–Trinajstić information content (AvgIpc) is 3.33. The van der Waals surface area contributed by atoms with Gasteiger partial charge in [0.25, 0.3) is 0 Å². The first kappa shape index (κ1) is 22.0. The molecule has 2 saturated heterocycles. The van der Waals surface area contributed by atoms with Gasteiger partial charge in [0.05, 0.1) is 0 Å². The lowest BCUT2D eigenvalue weighted by molar-refractivity contribution is 0.224. The predicted octanol–water partition coefficient (Wildman–Crippen LogP) is 2.78. The zero-order valence-electron chi connectivity index (χ0n) is 16.5. The molecule has 0 aliphatic carbocycles. The fourth-order valence-electron chi connectivity index (χ4n) is 4.38. The highest BCUT2D eigenvalue weighted by Crippen LogP contribution is 2.17. The Morgan fingerprint density at radius 1 is 1.04 bits per heavy atom. The number of halogens is 1. The van der Waals surface area contributed by atoms with Gasteiger partial charge in [-0.3, -0.25) is 9.89 Å². The van der Waals surface area contributed by atoms with Gasteiger partial charge < -0.3 is 15.1 Å². The number of unbranched alkanes of at least 4 members (excludes halogenated alkanes) is 2. The molecule has 0 aromatic rings. The Kier molecular flexibility index (Phi) is 10.3. The molecule has 0 radical (unpaired) electrons. The van der Waals surface area contributed by atoms with E-state index in [2.05, 4.69) is 37.2 Å². The molecular formula is C20H38IN5. The fourth-order valence-corrected chi connectivity index (χ4v) is 4.38. The van der Waals surface area contributed by atoms with Gasteiger partial charge in [-0.1, -0.05) is 25.0 Å². The minimum atomic E-state index is 0. The van der Waals surface area contributed by atoms with Gasteiger partial charge in [-0.2, -0.15) is 0 Å². The Morgan fingerprint density at radius 2 is 1.81 bits per heavy atom. The maximum Gasteiger partial charge on any atom is 0.193 e. The molecule has 0 aromatic heterocycles. The summed E-state index contributed by atoms with van der Waals surface area (Å²) in [5, 5.41) is 3.59. The summed E-state index contributed by atoms with van der Waals surface area (Å²) in [5.41, 5.74) is 0. The summed E-state index contributed by atoms with van der Waals surface area (Å²) in [6.45, 7) is 9.52. The monoisotopic (exact) mass is 475 g/mol. The summed E-state index contributed by atoms with van der Waals surface area (Å²) in [6, 6.07) is 0.693. The fraction of sp³-hybridized carbons (Fsp3) is 0.850. The number of nitrogens with one attached hydrogen (secondary N) is 1. The van der Waals surface area contributed by atoms with Gasteiger partial charge in [0.2, 0.25) is 0 Å². The van der Waals surface area contributed by atoms with Crippen LogP contribution in [0, 0.1) is 0 Å². The minimum absolute atomic E-state index is 0. The second-order valence-corrected chi connectivity index (χ2v) is 7.75. The smallest absolute Gasteiger partial charge is 0.193 e. The van der Waals surface area contributed by atoms with Crippen molar-refractivity contribution in [3.05, 3.63) is 12.2 Å². The van der Waals surface area contributed by atoms with Crippen molar-refractivity contribution in [1.82, 2.24) is 20.0 Å². The van der Waals surface area contributed by atoms with Crippen LogP contribution in [-0.2, 0) is 0 Å². The van der Waals surface area contributed by atoms with Gasteiger partial charge in [0, 0.05) is 45.8 Å². The molecule has 6 heteroatoms. The Labute approximate surface area is 177 Å². The van der Waals surface area contributed by atoms with Crippen molar-refractivity contribution in [2.45, 2.75) is 51.0 Å². The van der Waals surface area contributed by atoms with Crippen molar-refractivity contribution in [1.29, 1.82) is 0 Å². The van der Waals surface area contributed by atoms with E-state index >= 15 is 0 Å². The van der Waals surface area contributed by atoms with Gasteiger partial charge in [-0.25, -0.2) is 0 Å². The molecule has 0 amide bonds. The lowest BCUT2D eigenvalue weighted by atomic mass is 10.1. The summed E-state index contributed by atoms with van der Waals surface area (Å²) < 4.78 is 0. The first-order chi connectivity index (χ1) is 12.4. The molecule has 3 aliphatic rings. The molecule has 0 saturated carbocycles. The van der Waals surface area contributed by atoms with Crippen LogP contribution >= 0.6 is 24.0 Å². The van der Waals surface area contributed by atoms with E-state index in [0.717, 1.165) is 38.7 Å². The van der Waals surface area contributed by atoms with Crippen LogP contribution in [-0.4, -0.2) is 86.1 Å². The van der Waals surface area contributed by atoms with Crippen LogP contribution < -0.4 is 5.32 Å². The van der Waals surface area contributed by atoms with E-state index in [1.165, 1.54) is 64.6 Å². The van der Waals surface area contributed by atoms with Gasteiger partial charge in [-0.05, 0) is 51.7 Å². The molecule has 1 N–H and O–H groups in total. The Morgan fingerprint density at radius 3 is 2.54 bits per heavy atom. The van der Waals surface area contributed by atoms with Crippen LogP contribution in [0.3, 0.4) is 0 Å². The van der Waals surface area contributed by atoms with Crippen molar-refractivity contribution >= 4 is 29.9 Å². The third-order valence-electron chi connectivity index (χ3n) is 5.92. The molecule has 1 atom stereocenters. The summed E-state index contributed by atoms with van der Waals surface area (Å²) in [7, 11) is 1.92. The first-order valence-electron chi connectivity index (χ1n) is 10.4. The minimum Gasteiger partial charge on any atom is -0.356 e. The maximum atomic E-state index is 4.51. The zero-order chi connectivity index (χ0) is 17.3. The van der Waals surface area contributed by atoms with E-state index in [4.69, 9.17) is 0 Å². The molecule has 1 unspecified atom stereocenters. The lowest BCUT2D eigenvalue weighted by Gasteiger charge is -2.26. The van der Waals surface area contributed by atoms with E-state index in [0.29, 0.717) is 6.04 Å². The van der Waals surface area contributed by atoms with E-state index in [1.807, 2.05) is 7.05 Å². The van der Waals surface area contributed by atoms with Crippen molar-refractivity contribution in [3.63, 3.8) is 0 Å². The highest BCUT2D eigenvalue weighted by atomic mass is 127. The summed E-state index contributed by atoms with van der Waals surface area (Å²) in [6.07, 6.45) is 14.0. The highest BCUT2D eigenvalue weighted by molar-refractivity contribution is 14.0. The second kappa shape index (κ2) is 12.2. The van der Waals surface area contributed by atoms with Crippen LogP contribution in [0.2, 0.25) is 0 Å². The number of aliphatic imine (C=N–C) groups is 1. The molecule has 3 heterocycles. The van der Waals surface area contributed by atoms with Gasteiger partial charge in [-0.15, -0.1) is 24.0 Å². The van der Waals surface area contributed by atoms with Crippen LogP contribution in [0.4, 0.5) is 0 Å². The topological polar surface area (TPSA) is 34.1 Å². The van der Waals surface area contributed by atoms with Crippen molar-refractivity contribution < 1.29 is 0 Å². The molecule has 26 heavy (non-hydrogen) atoms. The number of rotatable bonds is 7. The molecule has 5 nitrogen and oxygen atoms in total. The summed E-state index contributed by atoms with van der Waals surface area (Å²) >= 11 is 0. The molecule has 3 rings (SSSR count). The normalized spacial score (nSPS) is 24.9.